The van der Waals surface area contributed by atoms with E-state index in [1.165, 1.54) is 0 Å². The summed E-state index contributed by atoms with van der Waals surface area (Å²) in [5.74, 6) is -4.64. The molecule has 3 saturated heterocycles. The molecule has 3 rings (SSSR count). The van der Waals surface area contributed by atoms with Crippen LogP contribution >= 0.6 is 0 Å². The van der Waals surface area contributed by atoms with E-state index in [0.29, 0.717) is 6.61 Å². The zero-order valence-corrected chi connectivity index (χ0v) is 11.7. The Kier molecular flexibility index (Phi) is 3.22. The zero-order chi connectivity index (χ0) is 15.3. The summed E-state index contributed by atoms with van der Waals surface area (Å²) in [5.41, 5.74) is 0. The second kappa shape index (κ2) is 4.82. The van der Waals surface area contributed by atoms with Gasteiger partial charge >= 0.3 is 23.9 Å². The second-order valence-electron chi connectivity index (χ2n) is 6.01. The highest BCUT2D eigenvalue weighted by Gasteiger charge is 2.57. The summed E-state index contributed by atoms with van der Waals surface area (Å²) in [6, 6.07) is 0. The minimum atomic E-state index is -0.838. The summed E-state index contributed by atoms with van der Waals surface area (Å²) < 4.78 is 14.9. The highest BCUT2D eigenvalue weighted by atomic mass is 16.6. The number of esters is 4. The van der Waals surface area contributed by atoms with Crippen LogP contribution in [-0.2, 0) is 33.4 Å². The number of hydrogen-bond acceptors (Lipinski definition) is 7. The number of rotatable bonds is 2. The van der Waals surface area contributed by atoms with Crippen molar-refractivity contribution < 1.29 is 33.4 Å². The molecule has 3 heterocycles. The largest absolute Gasteiger partial charge is 0.465 e. The predicted molar refractivity (Wildman–Crippen MR) is 65.4 cm³/mol. The molecule has 0 aromatic rings. The number of ether oxygens (including phenoxy) is 3. The van der Waals surface area contributed by atoms with Crippen LogP contribution in [0, 0.1) is 29.6 Å². The first-order valence-electron chi connectivity index (χ1n) is 7.01. The van der Waals surface area contributed by atoms with E-state index in [1.807, 2.05) is 6.92 Å². The fourth-order valence-corrected chi connectivity index (χ4v) is 3.54. The number of carbonyl (C=O) groups excluding carboxylic acids is 4. The van der Waals surface area contributed by atoms with Gasteiger partial charge in [0.15, 0.2) is 0 Å². The van der Waals surface area contributed by atoms with E-state index in [-0.39, 0.29) is 18.3 Å². The van der Waals surface area contributed by atoms with E-state index in [2.05, 4.69) is 4.74 Å². The maximum Gasteiger partial charge on any atom is 0.321 e. The standard InChI is InChI=1S/C14H16O7/c1-5-4-19-13(17)9(5)7-3-8(15)20-11(7)10-6(2)12(16)21-14(10)18/h5-7,9-11H,3-4H2,1-2H3. The van der Waals surface area contributed by atoms with E-state index in [0.717, 1.165) is 0 Å². The maximum absolute atomic E-state index is 11.9. The average Bonchev–Trinajstić information content (AvgIpc) is 2.99. The molecule has 21 heavy (non-hydrogen) atoms. The Balaban J connectivity index is 1.89. The Labute approximate surface area is 120 Å². The van der Waals surface area contributed by atoms with E-state index in [9.17, 15) is 19.2 Å². The van der Waals surface area contributed by atoms with Crippen molar-refractivity contribution in [1.82, 2.24) is 0 Å². The van der Waals surface area contributed by atoms with Gasteiger partial charge in [0.25, 0.3) is 0 Å². The quantitative estimate of drug-likeness (QED) is 0.404. The normalized spacial score (nSPS) is 43.0. The lowest BCUT2D eigenvalue weighted by atomic mass is 9.74. The average molecular weight is 296 g/mol. The molecule has 0 aromatic carbocycles. The third-order valence-electron chi connectivity index (χ3n) is 4.66. The highest BCUT2D eigenvalue weighted by Crippen LogP contribution is 2.43. The van der Waals surface area contributed by atoms with Crippen LogP contribution in [0.15, 0.2) is 0 Å². The van der Waals surface area contributed by atoms with Crippen molar-refractivity contribution in [2.45, 2.75) is 26.4 Å². The third kappa shape index (κ3) is 2.11. The van der Waals surface area contributed by atoms with Gasteiger partial charge in [-0.05, 0) is 0 Å². The fourth-order valence-electron chi connectivity index (χ4n) is 3.54. The lowest BCUT2D eigenvalue weighted by Gasteiger charge is -2.26. The molecular formula is C14H16O7. The van der Waals surface area contributed by atoms with Gasteiger partial charge in [-0.2, -0.15) is 0 Å². The van der Waals surface area contributed by atoms with Crippen molar-refractivity contribution in [1.29, 1.82) is 0 Å². The third-order valence-corrected chi connectivity index (χ3v) is 4.66. The van der Waals surface area contributed by atoms with E-state index >= 15 is 0 Å². The molecular weight excluding hydrogens is 280 g/mol. The topological polar surface area (TPSA) is 96.0 Å². The van der Waals surface area contributed by atoms with Crippen LogP contribution in [0.1, 0.15) is 20.3 Å². The van der Waals surface area contributed by atoms with Crippen LogP contribution < -0.4 is 0 Å². The van der Waals surface area contributed by atoms with Crippen molar-refractivity contribution in [2.24, 2.45) is 29.6 Å². The number of hydrogen-bond donors (Lipinski definition) is 0. The Morgan fingerprint density at radius 2 is 1.67 bits per heavy atom. The first-order chi connectivity index (χ1) is 9.90. The monoisotopic (exact) mass is 296 g/mol. The Hall–Kier alpha value is -1.92. The Morgan fingerprint density at radius 3 is 2.19 bits per heavy atom. The van der Waals surface area contributed by atoms with E-state index in [4.69, 9.17) is 9.47 Å². The van der Waals surface area contributed by atoms with Gasteiger partial charge in [0.2, 0.25) is 0 Å². The summed E-state index contributed by atoms with van der Waals surface area (Å²) in [7, 11) is 0. The molecule has 3 aliphatic rings. The van der Waals surface area contributed by atoms with Gasteiger partial charge in [0.1, 0.15) is 12.0 Å². The summed E-state index contributed by atoms with van der Waals surface area (Å²) >= 11 is 0. The van der Waals surface area contributed by atoms with Crippen LogP contribution in [0.4, 0.5) is 0 Å². The lowest BCUT2D eigenvalue weighted by molar-refractivity contribution is -0.156. The zero-order valence-electron chi connectivity index (χ0n) is 11.7. The molecule has 0 N–H and O–H groups in total. The molecule has 3 fully saturated rings. The van der Waals surface area contributed by atoms with Gasteiger partial charge < -0.3 is 14.2 Å². The molecule has 0 spiro atoms. The van der Waals surface area contributed by atoms with Gasteiger partial charge in [0, 0.05) is 11.8 Å². The van der Waals surface area contributed by atoms with Crippen molar-refractivity contribution in [3.63, 3.8) is 0 Å². The highest BCUT2D eigenvalue weighted by molar-refractivity contribution is 5.97. The van der Waals surface area contributed by atoms with Crippen molar-refractivity contribution in [3.05, 3.63) is 0 Å². The summed E-state index contributed by atoms with van der Waals surface area (Å²) in [5, 5.41) is 0. The van der Waals surface area contributed by atoms with Gasteiger partial charge in [0.05, 0.1) is 24.9 Å². The molecule has 0 radical (unpaired) electrons. The second-order valence-corrected chi connectivity index (χ2v) is 6.01. The number of cyclic esters (lactones) is 4. The van der Waals surface area contributed by atoms with Gasteiger partial charge in [-0.15, -0.1) is 0 Å². The SMILES string of the molecule is CC1COC(=O)C1C1CC(=O)OC1C1C(=O)OC(=O)C1C. The van der Waals surface area contributed by atoms with Crippen molar-refractivity contribution in [2.75, 3.05) is 6.61 Å². The van der Waals surface area contributed by atoms with Gasteiger partial charge in [-0.1, -0.05) is 13.8 Å². The summed E-state index contributed by atoms with van der Waals surface area (Å²) in [6.45, 7) is 3.72. The molecule has 0 amide bonds. The fraction of sp³-hybridized carbons (Fsp3) is 0.714. The van der Waals surface area contributed by atoms with Crippen LogP contribution in [0.3, 0.4) is 0 Å². The molecule has 0 aliphatic carbocycles. The van der Waals surface area contributed by atoms with Crippen LogP contribution in [0.5, 0.6) is 0 Å². The van der Waals surface area contributed by atoms with Gasteiger partial charge in [-0.25, -0.2) is 0 Å². The molecule has 0 saturated carbocycles. The smallest absolute Gasteiger partial charge is 0.321 e. The maximum atomic E-state index is 11.9. The van der Waals surface area contributed by atoms with E-state index < -0.39 is 47.7 Å². The first kappa shape index (κ1) is 14.0. The Morgan fingerprint density at radius 1 is 0.952 bits per heavy atom. The molecule has 3 aliphatic heterocycles. The molecule has 114 valence electrons. The first-order valence-corrected chi connectivity index (χ1v) is 7.01. The van der Waals surface area contributed by atoms with Crippen LogP contribution in [-0.4, -0.2) is 36.6 Å². The van der Waals surface area contributed by atoms with Crippen LogP contribution in [0.25, 0.3) is 0 Å². The summed E-state index contributed by atoms with van der Waals surface area (Å²) in [4.78, 5) is 46.9. The van der Waals surface area contributed by atoms with Crippen molar-refractivity contribution >= 4 is 23.9 Å². The molecule has 6 unspecified atom stereocenters. The molecule has 0 aromatic heterocycles. The summed E-state index contributed by atoms with van der Waals surface area (Å²) in [6.07, 6.45) is -0.746. The molecule has 6 atom stereocenters. The molecule has 0 bridgehead atoms. The number of carbonyl (C=O) groups is 4. The van der Waals surface area contributed by atoms with E-state index in [1.54, 1.807) is 6.92 Å². The minimum absolute atomic E-state index is 0.0528. The van der Waals surface area contributed by atoms with Gasteiger partial charge in [-0.3, -0.25) is 19.2 Å². The van der Waals surface area contributed by atoms with Crippen LogP contribution in [0.2, 0.25) is 0 Å². The molecule has 7 heteroatoms. The van der Waals surface area contributed by atoms with Crippen molar-refractivity contribution in [3.8, 4) is 0 Å². The predicted octanol–water partition coefficient (Wildman–Crippen LogP) is 0.0629. The Bertz CT molecular complexity index is 525. The minimum Gasteiger partial charge on any atom is -0.465 e. The molecule has 7 nitrogen and oxygen atoms in total. The lowest BCUT2D eigenvalue weighted by Crippen LogP contribution is -2.39.